The number of aromatic nitrogens is 2. The number of rotatable bonds is 9. The maximum atomic E-state index is 13.2. The van der Waals surface area contributed by atoms with Crippen LogP contribution in [0.15, 0.2) is 78.9 Å². The normalized spacial score (nSPS) is 12.4. The number of anilines is 1. The fourth-order valence-corrected chi connectivity index (χ4v) is 4.44. The molecule has 0 aliphatic rings. The van der Waals surface area contributed by atoms with Gasteiger partial charge in [-0.2, -0.15) is 0 Å². The lowest BCUT2D eigenvalue weighted by Gasteiger charge is -2.23. The first kappa shape index (κ1) is 25.1. The van der Waals surface area contributed by atoms with E-state index in [1.165, 1.54) is 11.3 Å². The number of hydrogen-bond donors (Lipinski definition) is 2. The summed E-state index contributed by atoms with van der Waals surface area (Å²) in [6, 6.07) is 24.1. The Bertz CT molecular complexity index is 1320. The Hall–Kier alpha value is -4.04. The molecule has 184 valence electrons. The van der Waals surface area contributed by atoms with Crippen LogP contribution in [0.4, 0.5) is 5.13 Å². The van der Waals surface area contributed by atoms with Crippen LogP contribution in [0.3, 0.4) is 0 Å². The molecule has 0 bridgehead atoms. The molecule has 1 heterocycles. The van der Waals surface area contributed by atoms with Crippen LogP contribution in [0, 0.1) is 5.92 Å². The van der Waals surface area contributed by atoms with E-state index in [1.54, 1.807) is 19.2 Å². The van der Waals surface area contributed by atoms with Crippen LogP contribution in [0.5, 0.6) is 5.75 Å². The first-order chi connectivity index (χ1) is 17.5. The van der Waals surface area contributed by atoms with Gasteiger partial charge in [-0.25, -0.2) is 0 Å². The summed E-state index contributed by atoms with van der Waals surface area (Å²) in [6.07, 6.45) is 0.719. The average Bonchev–Trinajstić information content (AvgIpc) is 3.40. The Morgan fingerprint density at radius 2 is 1.61 bits per heavy atom. The average molecular weight is 501 g/mol. The van der Waals surface area contributed by atoms with Crippen molar-refractivity contribution in [2.45, 2.75) is 26.3 Å². The molecule has 7 nitrogen and oxygen atoms in total. The molecule has 0 aliphatic heterocycles. The van der Waals surface area contributed by atoms with Crippen molar-refractivity contribution in [1.82, 2.24) is 15.5 Å². The molecule has 8 heteroatoms. The Kier molecular flexibility index (Phi) is 8.07. The van der Waals surface area contributed by atoms with E-state index in [2.05, 4.69) is 20.8 Å². The molecule has 0 saturated carbocycles. The molecular formula is C28H28N4O3S. The minimum atomic E-state index is -0.722. The number of carbonyl (C=O) groups is 2. The molecule has 3 aromatic carbocycles. The summed E-state index contributed by atoms with van der Waals surface area (Å²) in [5, 5.41) is 15.1. The van der Waals surface area contributed by atoms with Crippen molar-refractivity contribution in [3.63, 3.8) is 0 Å². The molecule has 2 N–H and O–H groups in total. The highest BCUT2D eigenvalue weighted by atomic mass is 32.1. The molecule has 2 amide bonds. The van der Waals surface area contributed by atoms with Crippen LogP contribution in [0.1, 0.15) is 30.6 Å². The summed E-state index contributed by atoms with van der Waals surface area (Å²) in [5.74, 6) is 0.00398. The van der Waals surface area contributed by atoms with Gasteiger partial charge in [0.25, 0.3) is 5.91 Å². The zero-order chi connectivity index (χ0) is 25.5. The zero-order valence-corrected chi connectivity index (χ0v) is 21.2. The van der Waals surface area contributed by atoms with Crippen LogP contribution < -0.4 is 15.4 Å². The largest absolute Gasteiger partial charge is 0.497 e. The predicted octanol–water partition coefficient (Wildman–Crippen LogP) is 5.66. The lowest BCUT2D eigenvalue weighted by Crippen LogP contribution is -2.47. The third kappa shape index (κ3) is 5.95. The van der Waals surface area contributed by atoms with Crippen molar-refractivity contribution in [1.29, 1.82) is 0 Å². The molecule has 0 fully saturated rings. The second kappa shape index (κ2) is 11.6. The van der Waals surface area contributed by atoms with E-state index in [9.17, 15) is 9.59 Å². The van der Waals surface area contributed by atoms with E-state index in [4.69, 9.17) is 4.74 Å². The van der Waals surface area contributed by atoms with Gasteiger partial charge in [-0.05, 0) is 41.3 Å². The minimum Gasteiger partial charge on any atom is -0.497 e. The van der Waals surface area contributed by atoms with Gasteiger partial charge < -0.3 is 10.1 Å². The maximum Gasteiger partial charge on any atom is 0.251 e. The van der Waals surface area contributed by atoms with Crippen molar-refractivity contribution in [3.05, 3.63) is 84.4 Å². The summed E-state index contributed by atoms with van der Waals surface area (Å²) in [5.41, 5.74) is 3.43. The molecule has 2 unspecified atom stereocenters. The molecule has 1 aromatic heterocycles. The summed E-state index contributed by atoms with van der Waals surface area (Å²) < 4.78 is 5.27. The van der Waals surface area contributed by atoms with E-state index >= 15 is 0 Å². The Balaban J connectivity index is 1.45. The van der Waals surface area contributed by atoms with Gasteiger partial charge in [0.15, 0.2) is 0 Å². The molecule has 0 aliphatic carbocycles. The van der Waals surface area contributed by atoms with Crippen molar-refractivity contribution in [3.8, 4) is 27.4 Å². The summed E-state index contributed by atoms with van der Waals surface area (Å²) in [4.78, 5) is 26.2. The van der Waals surface area contributed by atoms with E-state index in [0.717, 1.165) is 23.1 Å². The molecule has 4 aromatic rings. The van der Waals surface area contributed by atoms with Gasteiger partial charge in [0, 0.05) is 11.1 Å². The van der Waals surface area contributed by atoms with E-state index in [0.29, 0.717) is 21.5 Å². The van der Waals surface area contributed by atoms with E-state index in [1.807, 2.05) is 80.6 Å². The summed E-state index contributed by atoms with van der Waals surface area (Å²) >= 11 is 1.26. The van der Waals surface area contributed by atoms with Gasteiger partial charge in [-0.15, -0.1) is 10.2 Å². The minimum absolute atomic E-state index is 0.0803. The molecule has 36 heavy (non-hydrogen) atoms. The van der Waals surface area contributed by atoms with Gasteiger partial charge in [0.05, 0.1) is 7.11 Å². The lowest BCUT2D eigenvalue weighted by molar-refractivity contribution is -0.119. The molecule has 4 rings (SSSR count). The first-order valence-corrected chi connectivity index (χ1v) is 12.5. The third-order valence-electron chi connectivity index (χ3n) is 6.01. The van der Waals surface area contributed by atoms with Gasteiger partial charge in [-0.3, -0.25) is 14.9 Å². The lowest BCUT2D eigenvalue weighted by atomic mass is 9.97. The van der Waals surface area contributed by atoms with Crippen LogP contribution in [0.25, 0.3) is 21.7 Å². The Morgan fingerprint density at radius 3 is 2.31 bits per heavy atom. The highest BCUT2D eigenvalue weighted by Gasteiger charge is 2.27. The second-order valence-corrected chi connectivity index (χ2v) is 9.39. The van der Waals surface area contributed by atoms with Gasteiger partial charge in [0.2, 0.25) is 11.0 Å². The molecule has 0 spiro atoms. The molecular weight excluding hydrogens is 472 g/mol. The molecule has 0 radical (unpaired) electrons. The van der Waals surface area contributed by atoms with E-state index in [-0.39, 0.29) is 17.7 Å². The maximum absolute atomic E-state index is 13.2. The zero-order valence-electron chi connectivity index (χ0n) is 20.4. The van der Waals surface area contributed by atoms with Gasteiger partial charge in [0.1, 0.15) is 16.8 Å². The number of nitrogens with zero attached hydrogens (tertiary/aromatic N) is 2. The Morgan fingerprint density at radius 1 is 0.917 bits per heavy atom. The van der Waals surface area contributed by atoms with Crippen molar-refractivity contribution in [2.24, 2.45) is 5.92 Å². The monoisotopic (exact) mass is 500 g/mol. The summed E-state index contributed by atoms with van der Waals surface area (Å²) in [6.45, 7) is 3.92. The second-order valence-electron chi connectivity index (χ2n) is 8.41. The number of hydrogen-bond acceptors (Lipinski definition) is 6. The number of nitrogens with one attached hydrogen (secondary N) is 2. The molecule has 2 atom stereocenters. The smallest absolute Gasteiger partial charge is 0.251 e. The highest BCUT2D eigenvalue weighted by molar-refractivity contribution is 7.18. The number of carbonyl (C=O) groups excluding carboxylic acids is 2. The predicted molar refractivity (Wildman–Crippen MR) is 143 cm³/mol. The fraction of sp³-hybridized carbons (Fsp3) is 0.214. The SMILES string of the molecule is CCC(C)C(NC(=O)c1ccc(-c2ccccc2)cc1)C(=O)Nc1nnc(-c2cccc(OC)c2)s1. The Labute approximate surface area is 214 Å². The van der Waals surface area contributed by atoms with Crippen LogP contribution >= 0.6 is 11.3 Å². The third-order valence-corrected chi connectivity index (χ3v) is 6.90. The van der Waals surface area contributed by atoms with Gasteiger partial charge >= 0.3 is 0 Å². The number of amides is 2. The number of methoxy groups -OCH3 is 1. The standard InChI is InChI=1S/C28H28N4O3S/c1-4-18(2)24(29-25(33)21-15-13-20(14-16-21)19-9-6-5-7-10-19)26(34)30-28-32-31-27(36-28)22-11-8-12-23(17-22)35-3/h5-18,24H,4H2,1-3H3,(H,29,33)(H,30,32,34). The fourth-order valence-electron chi connectivity index (χ4n) is 3.70. The van der Waals surface area contributed by atoms with Crippen LogP contribution in [0.2, 0.25) is 0 Å². The molecule has 0 saturated heterocycles. The van der Waals surface area contributed by atoms with Crippen molar-refractivity contribution < 1.29 is 14.3 Å². The van der Waals surface area contributed by atoms with E-state index < -0.39 is 6.04 Å². The number of benzene rings is 3. The highest BCUT2D eigenvalue weighted by Crippen LogP contribution is 2.29. The number of ether oxygens (including phenoxy) is 1. The first-order valence-electron chi connectivity index (χ1n) is 11.7. The van der Waals surface area contributed by atoms with Crippen molar-refractivity contribution in [2.75, 3.05) is 12.4 Å². The van der Waals surface area contributed by atoms with Crippen molar-refractivity contribution >= 4 is 28.3 Å². The topological polar surface area (TPSA) is 93.2 Å². The van der Waals surface area contributed by atoms with Crippen LogP contribution in [-0.2, 0) is 4.79 Å². The quantitative estimate of drug-likeness (QED) is 0.309. The van der Waals surface area contributed by atoms with Gasteiger partial charge in [-0.1, -0.05) is 86.2 Å². The van der Waals surface area contributed by atoms with Crippen LogP contribution in [-0.4, -0.2) is 35.2 Å². The summed E-state index contributed by atoms with van der Waals surface area (Å²) in [7, 11) is 1.60.